The Labute approximate surface area is 66.8 Å². The van der Waals surface area contributed by atoms with Crippen LogP contribution < -0.4 is 0 Å². The predicted molar refractivity (Wildman–Crippen MR) is 44.0 cm³/mol. The highest BCUT2D eigenvalue weighted by molar-refractivity contribution is 5.05. The molecule has 0 fully saturated rings. The Morgan fingerprint density at radius 1 is 1.36 bits per heavy atom. The van der Waals surface area contributed by atoms with Gasteiger partial charge in [0.05, 0.1) is 0 Å². The Hall–Kier alpha value is -1.38. The number of allylic oxidation sites excluding steroid dienone is 2. The van der Waals surface area contributed by atoms with Gasteiger partial charge in [-0.05, 0) is 12.2 Å². The average Bonchev–Trinajstić information content (AvgIpc) is 2.00. The summed E-state index contributed by atoms with van der Waals surface area (Å²) in [6, 6.07) is 0. The Kier molecular flexibility index (Phi) is 2.21. The van der Waals surface area contributed by atoms with Crippen molar-refractivity contribution < 1.29 is 4.84 Å². The van der Waals surface area contributed by atoms with E-state index in [1.807, 2.05) is 37.3 Å². The summed E-state index contributed by atoms with van der Waals surface area (Å²) in [6.45, 7) is 3.82. The van der Waals surface area contributed by atoms with Crippen LogP contribution in [0, 0.1) is 0 Å². The van der Waals surface area contributed by atoms with Crippen molar-refractivity contribution in [3.05, 3.63) is 37.0 Å². The Bertz CT molecular complexity index is 208. The third-order valence-electron chi connectivity index (χ3n) is 1.49. The van der Waals surface area contributed by atoms with Crippen molar-refractivity contribution in [1.82, 2.24) is 9.96 Å². The summed E-state index contributed by atoms with van der Waals surface area (Å²) in [4.78, 5) is 7.00. The van der Waals surface area contributed by atoms with E-state index in [9.17, 15) is 0 Å². The number of hydroxylamine groups is 2. The molecule has 0 bridgehead atoms. The van der Waals surface area contributed by atoms with Gasteiger partial charge in [0.1, 0.15) is 12.1 Å². The molecule has 0 spiro atoms. The molecule has 3 heteroatoms. The maximum Gasteiger partial charge on any atom is 0.136 e. The van der Waals surface area contributed by atoms with Crippen LogP contribution in [0.4, 0.5) is 0 Å². The molecule has 0 atom stereocenters. The smallest absolute Gasteiger partial charge is 0.136 e. The molecule has 1 aliphatic heterocycles. The van der Waals surface area contributed by atoms with E-state index in [0.717, 1.165) is 5.82 Å². The van der Waals surface area contributed by atoms with Gasteiger partial charge < -0.3 is 9.74 Å². The van der Waals surface area contributed by atoms with Crippen molar-refractivity contribution in [2.45, 2.75) is 0 Å². The second kappa shape index (κ2) is 3.14. The van der Waals surface area contributed by atoms with Crippen molar-refractivity contribution in [3.8, 4) is 0 Å². The van der Waals surface area contributed by atoms with E-state index in [1.165, 1.54) is 0 Å². The molecular formula is C8H12N2O. The highest BCUT2D eigenvalue weighted by atomic mass is 16.7. The lowest BCUT2D eigenvalue weighted by Gasteiger charge is -2.26. The van der Waals surface area contributed by atoms with Crippen LogP contribution in [0.1, 0.15) is 0 Å². The van der Waals surface area contributed by atoms with Gasteiger partial charge in [0, 0.05) is 20.3 Å². The topological polar surface area (TPSA) is 15.7 Å². The highest BCUT2D eigenvalue weighted by Gasteiger charge is 2.04. The molecule has 11 heavy (non-hydrogen) atoms. The molecule has 0 aromatic rings. The summed E-state index contributed by atoms with van der Waals surface area (Å²) in [7, 11) is 3.72. The molecule has 3 nitrogen and oxygen atoms in total. The van der Waals surface area contributed by atoms with Crippen LogP contribution in [-0.2, 0) is 4.84 Å². The summed E-state index contributed by atoms with van der Waals surface area (Å²) < 4.78 is 0. The zero-order valence-corrected chi connectivity index (χ0v) is 6.82. The fraction of sp³-hybridized carbons (Fsp3) is 0.250. The molecule has 0 saturated carbocycles. The second-order valence-corrected chi connectivity index (χ2v) is 2.30. The lowest BCUT2D eigenvalue weighted by atomic mass is 10.5. The number of rotatable bonds is 0. The number of hydrogen-bond donors (Lipinski definition) is 0. The summed E-state index contributed by atoms with van der Waals surface area (Å²) in [5.74, 6) is 0.797. The minimum Gasteiger partial charge on any atom is -0.386 e. The van der Waals surface area contributed by atoms with Crippen molar-refractivity contribution in [2.75, 3.05) is 14.1 Å². The van der Waals surface area contributed by atoms with E-state index in [2.05, 4.69) is 6.58 Å². The summed E-state index contributed by atoms with van der Waals surface area (Å²) in [5.41, 5.74) is 0. The Balaban J connectivity index is 2.75. The van der Waals surface area contributed by atoms with Crippen LogP contribution in [0.25, 0.3) is 0 Å². The minimum atomic E-state index is 0.797. The second-order valence-electron chi connectivity index (χ2n) is 2.30. The maximum atomic E-state index is 5.13. The van der Waals surface area contributed by atoms with Crippen LogP contribution in [-0.4, -0.2) is 24.1 Å². The first-order valence-electron chi connectivity index (χ1n) is 3.37. The van der Waals surface area contributed by atoms with Crippen molar-refractivity contribution >= 4 is 0 Å². The molecular weight excluding hydrogens is 140 g/mol. The maximum absolute atomic E-state index is 5.13. The van der Waals surface area contributed by atoms with Gasteiger partial charge in [0.25, 0.3) is 0 Å². The molecule has 0 aromatic heterocycles. The first-order valence-corrected chi connectivity index (χ1v) is 3.37. The van der Waals surface area contributed by atoms with Crippen LogP contribution in [0.2, 0.25) is 0 Å². The molecule has 1 heterocycles. The fourth-order valence-electron chi connectivity index (χ4n) is 0.720. The lowest BCUT2D eigenvalue weighted by molar-refractivity contribution is -0.0632. The van der Waals surface area contributed by atoms with Gasteiger partial charge in [0.2, 0.25) is 0 Å². The standard InChI is InChI=1S/C8H12N2O/c1-8-9(2)6-4-5-7-11-10(8)3/h4-7H,1H2,2-3H3/b6-4-,7-5-. The first-order chi connectivity index (χ1) is 5.22. The predicted octanol–water partition coefficient (Wildman–Crippen LogP) is 1.29. The molecule has 0 radical (unpaired) electrons. The summed E-state index contributed by atoms with van der Waals surface area (Å²) in [6.07, 6.45) is 7.23. The van der Waals surface area contributed by atoms with E-state index in [-0.39, 0.29) is 0 Å². The van der Waals surface area contributed by atoms with Gasteiger partial charge in [0.15, 0.2) is 0 Å². The van der Waals surface area contributed by atoms with E-state index >= 15 is 0 Å². The van der Waals surface area contributed by atoms with Gasteiger partial charge >= 0.3 is 0 Å². The van der Waals surface area contributed by atoms with Gasteiger partial charge in [-0.2, -0.15) is 5.06 Å². The molecule has 1 rings (SSSR count). The van der Waals surface area contributed by atoms with E-state index in [0.29, 0.717) is 0 Å². The van der Waals surface area contributed by atoms with Crippen LogP contribution >= 0.6 is 0 Å². The molecule has 0 saturated heterocycles. The fourth-order valence-corrected chi connectivity index (χ4v) is 0.720. The monoisotopic (exact) mass is 152 g/mol. The lowest BCUT2D eigenvalue weighted by Crippen LogP contribution is -2.25. The number of hydrogen-bond acceptors (Lipinski definition) is 3. The molecule has 60 valence electrons. The van der Waals surface area contributed by atoms with E-state index in [4.69, 9.17) is 4.84 Å². The first kappa shape index (κ1) is 7.72. The zero-order valence-electron chi connectivity index (χ0n) is 6.82. The Morgan fingerprint density at radius 3 is 2.82 bits per heavy atom. The molecule has 0 aliphatic carbocycles. The van der Waals surface area contributed by atoms with Crippen LogP contribution in [0.3, 0.4) is 0 Å². The van der Waals surface area contributed by atoms with E-state index in [1.54, 1.807) is 11.3 Å². The van der Waals surface area contributed by atoms with Gasteiger partial charge in [-0.15, -0.1) is 0 Å². The van der Waals surface area contributed by atoms with Gasteiger partial charge in [-0.1, -0.05) is 6.58 Å². The quantitative estimate of drug-likeness (QED) is 0.520. The molecule has 0 amide bonds. The highest BCUT2D eigenvalue weighted by Crippen LogP contribution is 2.07. The molecule has 0 N–H and O–H groups in total. The summed E-state index contributed by atoms with van der Waals surface area (Å²) >= 11 is 0. The van der Waals surface area contributed by atoms with Crippen molar-refractivity contribution in [3.63, 3.8) is 0 Å². The zero-order chi connectivity index (χ0) is 8.27. The molecule has 0 aromatic carbocycles. The summed E-state index contributed by atoms with van der Waals surface area (Å²) in [5, 5.41) is 1.60. The minimum absolute atomic E-state index is 0.797. The molecule has 0 unspecified atom stereocenters. The largest absolute Gasteiger partial charge is 0.386 e. The van der Waals surface area contributed by atoms with E-state index < -0.39 is 0 Å². The third-order valence-corrected chi connectivity index (χ3v) is 1.49. The Morgan fingerprint density at radius 2 is 2.09 bits per heavy atom. The van der Waals surface area contributed by atoms with Crippen molar-refractivity contribution in [2.24, 2.45) is 0 Å². The van der Waals surface area contributed by atoms with Gasteiger partial charge in [-0.25, -0.2) is 0 Å². The van der Waals surface area contributed by atoms with Crippen molar-refractivity contribution in [1.29, 1.82) is 0 Å². The van der Waals surface area contributed by atoms with Crippen LogP contribution in [0.15, 0.2) is 37.0 Å². The van der Waals surface area contributed by atoms with Crippen LogP contribution in [0.5, 0.6) is 0 Å². The third kappa shape index (κ3) is 1.77. The average molecular weight is 152 g/mol. The number of nitrogens with zero attached hydrogens (tertiary/aromatic N) is 2. The SMILES string of the molecule is C=C1N(C)/C=C\C=C/ON1C. The van der Waals surface area contributed by atoms with Gasteiger partial charge in [-0.3, -0.25) is 0 Å². The normalized spacial score (nSPS) is 23.6. The molecule has 1 aliphatic rings.